The maximum absolute atomic E-state index is 11.7. The molecular weight excluding hydrogens is 274 g/mol. The lowest BCUT2D eigenvalue weighted by Crippen LogP contribution is -2.32. The van der Waals surface area contributed by atoms with Crippen LogP contribution in [-0.4, -0.2) is 32.0 Å². The predicted molar refractivity (Wildman–Crippen MR) is 62.7 cm³/mol. The van der Waals surface area contributed by atoms with Gasteiger partial charge < -0.3 is 9.64 Å². The Labute approximate surface area is 101 Å². The van der Waals surface area contributed by atoms with Gasteiger partial charge in [0.1, 0.15) is 0 Å². The number of amides is 1. The lowest BCUT2D eigenvalue weighted by molar-refractivity contribution is -0.114. The molecule has 2 rings (SSSR count). The number of ether oxygens (including phenoxy) is 1. The van der Waals surface area contributed by atoms with Crippen LogP contribution in [-0.2, 0) is 9.53 Å². The van der Waals surface area contributed by atoms with Crippen molar-refractivity contribution in [3.8, 4) is 0 Å². The van der Waals surface area contributed by atoms with E-state index in [1.807, 2.05) is 0 Å². The van der Waals surface area contributed by atoms with Crippen LogP contribution in [0.15, 0.2) is 22.7 Å². The number of anilines is 1. The van der Waals surface area contributed by atoms with E-state index in [1.54, 1.807) is 25.3 Å². The summed E-state index contributed by atoms with van der Waals surface area (Å²) in [5.41, 5.74) is 1.10. The van der Waals surface area contributed by atoms with Gasteiger partial charge in [0.05, 0.1) is 17.9 Å². The van der Waals surface area contributed by atoms with Crippen molar-refractivity contribution in [2.75, 3.05) is 25.2 Å². The summed E-state index contributed by atoms with van der Waals surface area (Å²) in [4.78, 5) is 24.9. The van der Waals surface area contributed by atoms with Crippen molar-refractivity contribution in [1.29, 1.82) is 0 Å². The first-order valence-electron chi connectivity index (χ1n) is 4.80. The van der Waals surface area contributed by atoms with Crippen molar-refractivity contribution < 1.29 is 14.3 Å². The third-order valence-electron chi connectivity index (χ3n) is 2.47. The van der Waals surface area contributed by atoms with Crippen LogP contribution in [0.1, 0.15) is 10.4 Å². The molecule has 1 heterocycles. The molecule has 0 aromatic heterocycles. The van der Waals surface area contributed by atoms with Crippen molar-refractivity contribution in [3.05, 3.63) is 28.2 Å². The summed E-state index contributed by atoms with van der Waals surface area (Å²) in [6, 6.07) is 5.32. The number of carbonyl (C=O) groups excluding carboxylic acids is 2. The molecule has 0 N–H and O–H groups in total. The quantitative estimate of drug-likeness (QED) is 0.792. The maximum atomic E-state index is 11.7. The number of fused-ring (bicyclic) bond motifs is 1. The fraction of sp³-hybridized carbons (Fsp3) is 0.273. The minimum atomic E-state index is -0.487. The van der Waals surface area contributed by atoms with Crippen LogP contribution in [0.5, 0.6) is 0 Å². The van der Waals surface area contributed by atoms with E-state index in [1.165, 1.54) is 4.90 Å². The monoisotopic (exact) mass is 283 g/mol. The number of rotatable bonds is 3. The lowest BCUT2D eigenvalue weighted by atomic mass is 10.1. The molecule has 0 spiro atoms. The summed E-state index contributed by atoms with van der Waals surface area (Å²) in [5.74, 6) is -0.947. The second kappa shape index (κ2) is 4.35. The number of benzene rings is 1. The van der Waals surface area contributed by atoms with E-state index in [2.05, 4.69) is 15.9 Å². The largest absolute Gasteiger partial charge is 0.383 e. The molecule has 4 nitrogen and oxygen atoms in total. The molecule has 0 bridgehead atoms. The molecule has 1 aliphatic heterocycles. The van der Waals surface area contributed by atoms with Gasteiger partial charge in [-0.05, 0) is 28.1 Å². The molecule has 5 heteroatoms. The highest BCUT2D eigenvalue weighted by molar-refractivity contribution is 9.10. The average molecular weight is 284 g/mol. The van der Waals surface area contributed by atoms with Crippen LogP contribution >= 0.6 is 15.9 Å². The normalized spacial score (nSPS) is 14.5. The Morgan fingerprint density at radius 2 is 2.12 bits per heavy atom. The topological polar surface area (TPSA) is 46.6 Å². The molecule has 0 saturated heterocycles. The van der Waals surface area contributed by atoms with Crippen molar-refractivity contribution in [2.45, 2.75) is 0 Å². The fourth-order valence-corrected chi connectivity index (χ4v) is 2.24. The summed E-state index contributed by atoms with van der Waals surface area (Å²) in [7, 11) is 1.56. The second-order valence-corrected chi connectivity index (χ2v) is 4.27. The Morgan fingerprint density at radius 3 is 2.81 bits per heavy atom. The standard InChI is InChI=1S/C11H10BrNO3/c1-16-6-5-13-8-4-2-3-7(12)9(8)10(14)11(13)15/h2-4H,5-6H2,1H3. The van der Waals surface area contributed by atoms with Crippen LogP contribution < -0.4 is 4.90 Å². The first-order chi connectivity index (χ1) is 7.66. The molecule has 1 amide bonds. The average Bonchev–Trinajstić information content (AvgIpc) is 2.51. The van der Waals surface area contributed by atoms with Gasteiger partial charge in [-0.15, -0.1) is 0 Å². The van der Waals surface area contributed by atoms with Gasteiger partial charge in [-0.3, -0.25) is 9.59 Å². The first-order valence-corrected chi connectivity index (χ1v) is 5.59. The summed E-state index contributed by atoms with van der Waals surface area (Å²) in [6.07, 6.45) is 0. The van der Waals surface area contributed by atoms with Crippen LogP contribution in [0, 0.1) is 0 Å². The molecule has 16 heavy (non-hydrogen) atoms. The molecule has 0 unspecified atom stereocenters. The number of hydrogen-bond donors (Lipinski definition) is 0. The summed E-state index contributed by atoms with van der Waals surface area (Å²) in [5, 5.41) is 0. The Hall–Kier alpha value is -1.20. The van der Waals surface area contributed by atoms with Gasteiger partial charge in [-0.2, -0.15) is 0 Å². The van der Waals surface area contributed by atoms with Gasteiger partial charge in [0.15, 0.2) is 0 Å². The van der Waals surface area contributed by atoms with E-state index in [0.29, 0.717) is 28.9 Å². The highest BCUT2D eigenvalue weighted by atomic mass is 79.9. The van der Waals surface area contributed by atoms with Gasteiger partial charge in [0.25, 0.3) is 11.7 Å². The molecule has 0 aliphatic carbocycles. The first kappa shape index (κ1) is 11.3. The van der Waals surface area contributed by atoms with E-state index in [9.17, 15) is 9.59 Å². The highest BCUT2D eigenvalue weighted by Crippen LogP contribution is 2.33. The Morgan fingerprint density at radius 1 is 1.38 bits per heavy atom. The molecule has 0 atom stereocenters. The Bertz CT molecular complexity index is 459. The minimum absolute atomic E-state index is 0.393. The highest BCUT2D eigenvalue weighted by Gasteiger charge is 2.36. The van der Waals surface area contributed by atoms with Crippen molar-refractivity contribution in [3.63, 3.8) is 0 Å². The molecule has 0 radical (unpaired) electrons. The molecule has 1 aromatic rings. The van der Waals surface area contributed by atoms with E-state index in [4.69, 9.17) is 4.74 Å². The van der Waals surface area contributed by atoms with E-state index in [-0.39, 0.29) is 0 Å². The van der Waals surface area contributed by atoms with Crippen molar-refractivity contribution in [1.82, 2.24) is 0 Å². The number of Topliss-reactive ketones (excluding diaryl/α,β-unsaturated/α-hetero) is 1. The summed E-state index contributed by atoms with van der Waals surface area (Å²) >= 11 is 3.28. The van der Waals surface area contributed by atoms with Gasteiger partial charge >= 0.3 is 0 Å². The maximum Gasteiger partial charge on any atom is 0.299 e. The third kappa shape index (κ3) is 1.66. The predicted octanol–water partition coefficient (Wildman–Crippen LogP) is 1.62. The molecule has 0 fully saturated rings. The van der Waals surface area contributed by atoms with Crippen LogP contribution in [0.4, 0.5) is 5.69 Å². The van der Waals surface area contributed by atoms with Gasteiger partial charge in [-0.1, -0.05) is 6.07 Å². The number of carbonyl (C=O) groups is 2. The molecule has 84 valence electrons. The third-order valence-corrected chi connectivity index (χ3v) is 3.13. The number of methoxy groups -OCH3 is 1. The van der Waals surface area contributed by atoms with Gasteiger partial charge in [0, 0.05) is 18.1 Å². The van der Waals surface area contributed by atoms with E-state index < -0.39 is 11.7 Å². The van der Waals surface area contributed by atoms with Gasteiger partial charge in [-0.25, -0.2) is 0 Å². The van der Waals surface area contributed by atoms with E-state index in [0.717, 1.165) is 0 Å². The van der Waals surface area contributed by atoms with Crippen molar-refractivity contribution in [2.24, 2.45) is 0 Å². The molecular formula is C11H10BrNO3. The summed E-state index contributed by atoms with van der Waals surface area (Å²) in [6.45, 7) is 0.801. The number of ketones is 1. The zero-order valence-electron chi connectivity index (χ0n) is 8.70. The Kier molecular flexibility index (Phi) is 3.07. The lowest BCUT2D eigenvalue weighted by Gasteiger charge is -2.15. The van der Waals surface area contributed by atoms with Crippen LogP contribution in [0.25, 0.3) is 0 Å². The van der Waals surface area contributed by atoms with Crippen molar-refractivity contribution >= 4 is 33.3 Å². The molecule has 1 aliphatic rings. The fourth-order valence-electron chi connectivity index (χ4n) is 1.71. The molecule has 1 aromatic carbocycles. The number of hydrogen-bond acceptors (Lipinski definition) is 3. The second-order valence-electron chi connectivity index (χ2n) is 3.41. The Balaban J connectivity index is 2.42. The number of nitrogens with zero attached hydrogens (tertiary/aromatic N) is 1. The zero-order valence-corrected chi connectivity index (χ0v) is 10.3. The van der Waals surface area contributed by atoms with Crippen LogP contribution in [0.3, 0.4) is 0 Å². The SMILES string of the molecule is COCCN1C(=O)C(=O)c2c(Br)cccc21. The van der Waals surface area contributed by atoms with Crippen LogP contribution in [0.2, 0.25) is 0 Å². The molecule has 0 saturated carbocycles. The minimum Gasteiger partial charge on any atom is -0.383 e. The number of halogens is 1. The summed E-state index contributed by atoms with van der Waals surface area (Å²) < 4.78 is 5.57. The van der Waals surface area contributed by atoms with E-state index >= 15 is 0 Å². The zero-order chi connectivity index (χ0) is 11.7. The smallest absolute Gasteiger partial charge is 0.299 e. The van der Waals surface area contributed by atoms with Gasteiger partial charge in [0.2, 0.25) is 0 Å².